The molecule has 0 saturated heterocycles. The monoisotopic (exact) mass is 490 g/mol. The number of aryl methyl sites for hydroxylation is 2. The number of nitrogens with zero attached hydrogens (tertiary/aromatic N) is 2. The Morgan fingerprint density at radius 3 is 2.43 bits per heavy atom. The van der Waals surface area contributed by atoms with Crippen LogP contribution in [0.25, 0.3) is 11.0 Å². The molecule has 2 aromatic carbocycles. The number of aromatic nitrogens is 1. The van der Waals surface area contributed by atoms with E-state index in [1.807, 2.05) is 52.0 Å². The number of rotatable bonds is 7. The van der Waals surface area contributed by atoms with Crippen LogP contribution in [0.5, 0.6) is 11.5 Å². The quantitative estimate of drug-likeness (QED) is 0.325. The Balaban J connectivity index is 1.70. The number of hydrogen-bond acceptors (Lipinski definition) is 7. The molecule has 1 aliphatic rings. The predicted molar refractivity (Wildman–Crippen MR) is 136 cm³/mol. The molecule has 1 atom stereocenters. The zero-order chi connectivity index (χ0) is 24.7. The predicted octanol–water partition coefficient (Wildman–Crippen LogP) is 5.80. The normalized spacial score (nSPS) is 15.0. The molecule has 0 N–H and O–H groups in total. The molecule has 1 aliphatic heterocycles. The van der Waals surface area contributed by atoms with Gasteiger partial charge in [-0.2, -0.15) is 0 Å². The Hall–Kier alpha value is -3.65. The summed E-state index contributed by atoms with van der Waals surface area (Å²) in [6.07, 6.45) is 0.905. The maximum absolute atomic E-state index is 13.8. The van der Waals surface area contributed by atoms with Gasteiger partial charge in [0.05, 0.1) is 35.9 Å². The standard InChI is InChI=1S/C27H26N2O5S/c1-5-13-33-18-9-7-17(8-10-18)23-22-24(30)20-12-11-19(32-6-2)14-21(20)34-25(22)26(31)29(23)27-28-15(3)16(4)35-27/h7-12,14,23H,5-6,13H2,1-4H3. The van der Waals surface area contributed by atoms with E-state index in [0.717, 1.165) is 28.3 Å². The maximum Gasteiger partial charge on any atom is 0.297 e. The molecule has 0 aliphatic carbocycles. The van der Waals surface area contributed by atoms with Crippen LogP contribution in [0.1, 0.15) is 58.6 Å². The first-order valence-electron chi connectivity index (χ1n) is 11.7. The summed E-state index contributed by atoms with van der Waals surface area (Å²) in [5.41, 5.74) is 2.04. The molecule has 3 heterocycles. The fourth-order valence-corrected chi connectivity index (χ4v) is 5.18. The molecule has 5 rings (SSSR count). The zero-order valence-corrected chi connectivity index (χ0v) is 20.9. The van der Waals surface area contributed by atoms with Gasteiger partial charge in [-0.1, -0.05) is 19.1 Å². The number of amides is 1. The van der Waals surface area contributed by atoms with Crippen LogP contribution in [0.4, 0.5) is 5.13 Å². The minimum Gasteiger partial charge on any atom is -0.494 e. The van der Waals surface area contributed by atoms with Crippen LogP contribution in [0, 0.1) is 13.8 Å². The zero-order valence-electron chi connectivity index (χ0n) is 20.1. The second-order valence-corrected chi connectivity index (χ2v) is 9.58. The number of carbonyl (C=O) groups excluding carboxylic acids is 1. The molecule has 1 amide bonds. The van der Waals surface area contributed by atoms with Gasteiger partial charge in [0.2, 0.25) is 5.76 Å². The van der Waals surface area contributed by atoms with Crippen molar-refractivity contribution in [3.8, 4) is 11.5 Å². The molecule has 0 fully saturated rings. The summed E-state index contributed by atoms with van der Waals surface area (Å²) in [6.45, 7) is 8.90. The molecule has 7 nitrogen and oxygen atoms in total. The first-order valence-corrected chi connectivity index (χ1v) is 12.5. The molecule has 0 saturated carbocycles. The minimum atomic E-state index is -0.658. The summed E-state index contributed by atoms with van der Waals surface area (Å²) in [5.74, 6) is 0.973. The first kappa shape index (κ1) is 23.1. The fraction of sp³-hybridized carbons (Fsp3) is 0.296. The van der Waals surface area contributed by atoms with E-state index in [2.05, 4.69) is 4.98 Å². The van der Waals surface area contributed by atoms with Crippen LogP contribution in [-0.2, 0) is 0 Å². The molecule has 8 heteroatoms. The van der Waals surface area contributed by atoms with Gasteiger partial charge >= 0.3 is 0 Å². The second kappa shape index (κ2) is 9.19. The number of benzene rings is 2. The molecule has 35 heavy (non-hydrogen) atoms. The molecular formula is C27H26N2O5S. The number of anilines is 1. The Kier molecular flexibility index (Phi) is 6.06. The lowest BCUT2D eigenvalue weighted by Crippen LogP contribution is -2.29. The molecule has 4 aromatic rings. The second-order valence-electron chi connectivity index (χ2n) is 8.40. The largest absolute Gasteiger partial charge is 0.494 e. The third-order valence-electron chi connectivity index (χ3n) is 6.05. The van der Waals surface area contributed by atoms with Crippen molar-refractivity contribution in [3.63, 3.8) is 0 Å². The van der Waals surface area contributed by atoms with Crippen LogP contribution in [0.3, 0.4) is 0 Å². The van der Waals surface area contributed by atoms with Gasteiger partial charge in [0.15, 0.2) is 10.6 Å². The van der Waals surface area contributed by atoms with E-state index < -0.39 is 6.04 Å². The number of fused-ring (bicyclic) bond motifs is 2. The van der Waals surface area contributed by atoms with Gasteiger partial charge in [-0.15, -0.1) is 11.3 Å². The van der Waals surface area contributed by atoms with E-state index in [4.69, 9.17) is 13.9 Å². The van der Waals surface area contributed by atoms with Crippen molar-refractivity contribution in [3.05, 3.63) is 80.1 Å². The highest BCUT2D eigenvalue weighted by molar-refractivity contribution is 7.15. The SMILES string of the molecule is CCCOc1ccc(C2c3c(oc4cc(OCC)ccc4c3=O)C(=O)N2c2nc(C)c(C)s2)cc1. The Labute approximate surface area is 206 Å². The lowest BCUT2D eigenvalue weighted by atomic mass is 9.98. The van der Waals surface area contributed by atoms with Crippen LogP contribution >= 0.6 is 11.3 Å². The fourth-order valence-electron chi connectivity index (χ4n) is 4.25. The summed E-state index contributed by atoms with van der Waals surface area (Å²) in [7, 11) is 0. The summed E-state index contributed by atoms with van der Waals surface area (Å²) < 4.78 is 17.4. The van der Waals surface area contributed by atoms with E-state index in [1.54, 1.807) is 23.1 Å². The van der Waals surface area contributed by atoms with E-state index in [1.165, 1.54) is 11.3 Å². The van der Waals surface area contributed by atoms with E-state index in [-0.39, 0.29) is 17.1 Å². The van der Waals surface area contributed by atoms with Gasteiger partial charge < -0.3 is 13.9 Å². The molecule has 180 valence electrons. The third kappa shape index (κ3) is 3.97. The maximum atomic E-state index is 13.8. The van der Waals surface area contributed by atoms with E-state index in [0.29, 0.717) is 40.6 Å². The minimum absolute atomic E-state index is 0.0398. The highest BCUT2D eigenvalue weighted by Crippen LogP contribution is 2.43. The molecule has 0 radical (unpaired) electrons. The first-order chi connectivity index (χ1) is 16.9. The summed E-state index contributed by atoms with van der Waals surface area (Å²) in [4.78, 5) is 34.7. The average Bonchev–Trinajstić information content (AvgIpc) is 3.34. The van der Waals surface area contributed by atoms with Crippen molar-refractivity contribution in [2.75, 3.05) is 18.1 Å². The molecule has 1 unspecified atom stereocenters. The van der Waals surface area contributed by atoms with Crippen LogP contribution in [0.15, 0.2) is 51.7 Å². The van der Waals surface area contributed by atoms with Gasteiger partial charge in [-0.25, -0.2) is 4.98 Å². The van der Waals surface area contributed by atoms with Crippen molar-refractivity contribution in [1.29, 1.82) is 0 Å². The summed E-state index contributed by atoms with van der Waals surface area (Å²) >= 11 is 1.42. The van der Waals surface area contributed by atoms with Gasteiger partial charge in [0, 0.05) is 10.9 Å². The molecule has 0 spiro atoms. The van der Waals surface area contributed by atoms with Gasteiger partial charge in [0.25, 0.3) is 5.91 Å². The van der Waals surface area contributed by atoms with Crippen molar-refractivity contribution in [2.45, 2.75) is 40.2 Å². The van der Waals surface area contributed by atoms with Gasteiger partial charge in [-0.05, 0) is 57.0 Å². The lowest BCUT2D eigenvalue weighted by Gasteiger charge is -2.22. The number of thiazole rings is 1. The highest BCUT2D eigenvalue weighted by atomic mass is 32.1. The Bertz CT molecular complexity index is 1450. The van der Waals surface area contributed by atoms with Crippen molar-refractivity contribution in [2.24, 2.45) is 0 Å². The smallest absolute Gasteiger partial charge is 0.297 e. The van der Waals surface area contributed by atoms with Crippen LogP contribution in [0.2, 0.25) is 0 Å². The van der Waals surface area contributed by atoms with Crippen molar-refractivity contribution >= 4 is 33.3 Å². The Morgan fingerprint density at radius 1 is 1.03 bits per heavy atom. The van der Waals surface area contributed by atoms with E-state index in [9.17, 15) is 9.59 Å². The summed E-state index contributed by atoms with van der Waals surface area (Å²) in [5, 5.41) is 0.937. The number of carbonyl (C=O) groups is 1. The van der Waals surface area contributed by atoms with Crippen LogP contribution < -0.4 is 19.8 Å². The molecule has 0 bridgehead atoms. The van der Waals surface area contributed by atoms with Crippen molar-refractivity contribution in [1.82, 2.24) is 4.98 Å². The molecular weight excluding hydrogens is 464 g/mol. The van der Waals surface area contributed by atoms with Gasteiger partial charge in [-0.3, -0.25) is 14.5 Å². The molecule has 2 aromatic heterocycles. The van der Waals surface area contributed by atoms with E-state index >= 15 is 0 Å². The number of ether oxygens (including phenoxy) is 2. The van der Waals surface area contributed by atoms with Crippen LogP contribution in [-0.4, -0.2) is 24.1 Å². The summed E-state index contributed by atoms with van der Waals surface area (Å²) in [6, 6.07) is 11.9. The van der Waals surface area contributed by atoms with Gasteiger partial charge in [0.1, 0.15) is 17.1 Å². The number of hydrogen-bond donors (Lipinski definition) is 0. The third-order valence-corrected chi connectivity index (χ3v) is 7.12. The highest BCUT2D eigenvalue weighted by Gasteiger charge is 2.45. The topological polar surface area (TPSA) is 81.9 Å². The lowest BCUT2D eigenvalue weighted by molar-refractivity contribution is 0.0971. The van der Waals surface area contributed by atoms with Crippen molar-refractivity contribution < 1.29 is 18.7 Å². The Morgan fingerprint density at radius 2 is 1.77 bits per heavy atom. The average molecular weight is 491 g/mol.